The van der Waals surface area contributed by atoms with E-state index in [1.807, 2.05) is 0 Å². The van der Waals surface area contributed by atoms with Crippen LogP contribution in [-0.4, -0.2) is 40.0 Å². The topological polar surface area (TPSA) is 66.8 Å². The van der Waals surface area contributed by atoms with Gasteiger partial charge in [-0.2, -0.15) is 8.42 Å². The predicted molar refractivity (Wildman–Crippen MR) is 71.2 cm³/mol. The second kappa shape index (κ2) is 5.69. The largest absolute Gasteiger partial charge is 0.368 e. The number of hydrogen-bond acceptors (Lipinski definition) is 3. The van der Waals surface area contributed by atoms with Crippen molar-refractivity contribution in [2.75, 3.05) is 14.1 Å². The Bertz CT molecular complexity index is 597. The maximum atomic E-state index is 12.0. The van der Waals surface area contributed by atoms with Gasteiger partial charge in [-0.05, 0) is 12.1 Å². The van der Waals surface area contributed by atoms with Gasteiger partial charge >= 0.3 is 0 Å². The number of rotatable bonds is 4. The van der Waals surface area contributed by atoms with E-state index in [2.05, 4.69) is 4.40 Å². The standard InChI is InChI=1S/C10H10Cl2N2O3S/c1-14(2)6-13-18(16,17)10-7(5-15)3-4-8(11)9(10)12/h3-6H,1-2H3. The first kappa shape index (κ1) is 14.9. The molecule has 0 heterocycles. The lowest BCUT2D eigenvalue weighted by Crippen LogP contribution is -2.11. The molecule has 0 aliphatic carbocycles. The second-order valence-electron chi connectivity index (χ2n) is 3.56. The fraction of sp³-hybridized carbons (Fsp3) is 0.200. The van der Waals surface area contributed by atoms with Gasteiger partial charge in [-0.3, -0.25) is 4.79 Å². The van der Waals surface area contributed by atoms with Gasteiger partial charge in [0.2, 0.25) is 0 Å². The van der Waals surface area contributed by atoms with Crippen molar-refractivity contribution in [2.24, 2.45) is 4.40 Å². The fourth-order valence-corrected chi connectivity index (χ4v) is 2.96. The number of benzene rings is 1. The molecular formula is C10H10Cl2N2O3S. The Morgan fingerprint density at radius 3 is 2.39 bits per heavy atom. The third-order valence-corrected chi connectivity index (χ3v) is 4.13. The molecule has 0 N–H and O–H groups in total. The minimum absolute atomic E-state index is 0.0425. The van der Waals surface area contributed by atoms with E-state index in [9.17, 15) is 13.2 Å². The molecule has 0 aromatic heterocycles. The van der Waals surface area contributed by atoms with Crippen LogP contribution in [0.15, 0.2) is 21.4 Å². The summed E-state index contributed by atoms with van der Waals surface area (Å²) in [5.74, 6) is 0. The van der Waals surface area contributed by atoms with Gasteiger partial charge < -0.3 is 4.90 Å². The Labute approximate surface area is 115 Å². The van der Waals surface area contributed by atoms with Crippen LogP contribution >= 0.6 is 23.2 Å². The van der Waals surface area contributed by atoms with Gasteiger partial charge in [-0.1, -0.05) is 23.2 Å². The highest BCUT2D eigenvalue weighted by Gasteiger charge is 2.23. The molecule has 0 fully saturated rings. The lowest BCUT2D eigenvalue weighted by atomic mass is 10.2. The first-order valence-electron chi connectivity index (χ1n) is 4.69. The van der Waals surface area contributed by atoms with Gasteiger partial charge in [-0.15, -0.1) is 4.40 Å². The Morgan fingerprint density at radius 1 is 1.28 bits per heavy atom. The van der Waals surface area contributed by atoms with Crippen molar-refractivity contribution in [3.8, 4) is 0 Å². The highest BCUT2D eigenvalue weighted by Crippen LogP contribution is 2.32. The quantitative estimate of drug-likeness (QED) is 0.485. The lowest BCUT2D eigenvalue weighted by Gasteiger charge is -2.08. The molecule has 18 heavy (non-hydrogen) atoms. The maximum absolute atomic E-state index is 12.0. The molecule has 98 valence electrons. The number of carbonyl (C=O) groups is 1. The van der Waals surface area contributed by atoms with Gasteiger partial charge in [0, 0.05) is 19.7 Å². The third-order valence-electron chi connectivity index (χ3n) is 1.88. The number of carbonyl (C=O) groups excluding carboxylic acids is 1. The zero-order valence-electron chi connectivity index (χ0n) is 9.59. The van der Waals surface area contributed by atoms with Gasteiger partial charge in [0.1, 0.15) is 11.2 Å². The number of nitrogens with zero attached hydrogens (tertiary/aromatic N) is 2. The Hall–Kier alpha value is -1.11. The highest BCUT2D eigenvalue weighted by atomic mass is 35.5. The number of hydrogen-bond donors (Lipinski definition) is 0. The van der Waals surface area contributed by atoms with Crippen molar-refractivity contribution >= 4 is 45.8 Å². The number of sulfonamides is 1. The summed E-state index contributed by atoms with van der Waals surface area (Å²) < 4.78 is 27.3. The molecule has 0 aliphatic heterocycles. The number of aldehydes is 1. The van der Waals surface area contributed by atoms with E-state index in [1.54, 1.807) is 14.1 Å². The van der Waals surface area contributed by atoms with Crippen LogP contribution in [0.1, 0.15) is 10.4 Å². The van der Waals surface area contributed by atoms with Crippen LogP contribution in [-0.2, 0) is 10.0 Å². The monoisotopic (exact) mass is 308 g/mol. The van der Waals surface area contributed by atoms with E-state index in [1.165, 1.54) is 17.0 Å². The Morgan fingerprint density at radius 2 is 1.89 bits per heavy atom. The Kier molecular flexibility index (Phi) is 4.72. The molecule has 0 spiro atoms. The zero-order chi connectivity index (χ0) is 13.9. The van der Waals surface area contributed by atoms with Crippen molar-refractivity contribution in [1.82, 2.24) is 4.90 Å². The molecule has 0 atom stereocenters. The normalized spacial score (nSPS) is 11.8. The average Bonchev–Trinajstić information content (AvgIpc) is 2.29. The fourth-order valence-electron chi connectivity index (χ4n) is 1.11. The van der Waals surface area contributed by atoms with Gasteiger partial charge in [-0.25, -0.2) is 0 Å². The van der Waals surface area contributed by atoms with E-state index >= 15 is 0 Å². The Balaban J connectivity index is 3.49. The van der Waals surface area contributed by atoms with Crippen molar-refractivity contribution in [2.45, 2.75) is 4.90 Å². The van der Waals surface area contributed by atoms with Crippen LogP contribution in [0.4, 0.5) is 0 Å². The molecule has 0 saturated carbocycles. The molecule has 0 bridgehead atoms. The van der Waals surface area contributed by atoms with Crippen LogP contribution in [0.2, 0.25) is 10.0 Å². The minimum atomic E-state index is -4.07. The van der Waals surface area contributed by atoms with E-state index in [4.69, 9.17) is 23.2 Å². The summed E-state index contributed by atoms with van der Waals surface area (Å²) in [5, 5.41) is -0.168. The van der Waals surface area contributed by atoms with Crippen LogP contribution < -0.4 is 0 Å². The van der Waals surface area contributed by atoms with Gasteiger partial charge in [0.05, 0.1) is 10.0 Å². The highest BCUT2D eigenvalue weighted by molar-refractivity contribution is 7.90. The zero-order valence-corrected chi connectivity index (χ0v) is 11.9. The van der Waals surface area contributed by atoms with Crippen molar-refractivity contribution < 1.29 is 13.2 Å². The smallest absolute Gasteiger partial charge is 0.285 e. The summed E-state index contributed by atoms with van der Waals surface area (Å²) in [4.78, 5) is 11.9. The third kappa shape index (κ3) is 3.22. The molecule has 0 amide bonds. The van der Waals surface area contributed by atoms with E-state index in [0.717, 1.165) is 6.34 Å². The molecule has 0 unspecified atom stereocenters. The van der Waals surface area contributed by atoms with E-state index < -0.39 is 10.0 Å². The van der Waals surface area contributed by atoms with E-state index in [-0.39, 0.29) is 20.5 Å². The SMILES string of the molecule is CN(C)C=NS(=O)(=O)c1c(C=O)ccc(Cl)c1Cl. The summed E-state index contributed by atoms with van der Waals surface area (Å²) >= 11 is 11.6. The van der Waals surface area contributed by atoms with Crippen LogP contribution in [0.3, 0.4) is 0 Å². The summed E-state index contributed by atoms with van der Waals surface area (Å²) in [5.41, 5.74) is -0.0830. The van der Waals surface area contributed by atoms with Crippen molar-refractivity contribution in [1.29, 1.82) is 0 Å². The molecular weight excluding hydrogens is 299 g/mol. The van der Waals surface area contributed by atoms with Crippen molar-refractivity contribution in [3.05, 3.63) is 27.7 Å². The molecule has 1 aromatic carbocycles. The lowest BCUT2D eigenvalue weighted by molar-refractivity contribution is 0.112. The second-order valence-corrected chi connectivity index (χ2v) is 5.91. The van der Waals surface area contributed by atoms with Crippen LogP contribution in [0.5, 0.6) is 0 Å². The van der Waals surface area contributed by atoms with Crippen LogP contribution in [0.25, 0.3) is 0 Å². The van der Waals surface area contributed by atoms with Gasteiger partial charge in [0.15, 0.2) is 6.29 Å². The summed E-state index contributed by atoms with van der Waals surface area (Å²) in [7, 11) is -0.850. The molecule has 0 saturated heterocycles. The first-order chi connectivity index (χ1) is 8.29. The average molecular weight is 309 g/mol. The van der Waals surface area contributed by atoms with Crippen LogP contribution in [0, 0.1) is 0 Å². The number of halogens is 2. The predicted octanol–water partition coefficient (Wildman–Crippen LogP) is 2.08. The van der Waals surface area contributed by atoms with Gasteiger partial charge in [0.25, 0.3) is 10.0 Å². The molecule has 1 rings (SSSR count). The van der Waals surface area contributed by atoms with Crippen molar-refractivity contribution in [3.63, 3.8) is 0 Å². The first-order valence-corrected chi connectivity index (χ1v) is 6.89. The maximum Gasteiger partial charge on any atom is 0.285 e. The molecule has 0 aliphatic rings. The van der Waals surface area contributed by atoms with E-state index in [0.29, 0.717) is 6.29 Å². The molecule has 1 aromatic rings. The summed E-state index contributed by atoms with van der Waals surface area (Å²) in [6, 6.07) is 2.63. The summed E-state index contributed by atoms with van der Waals surface area (Å²) in [6.07, 6.45) is 1.49. The molecule has 5 nitrogen and oxygen atoms in total. The molecule has 0 radical (unpaired) electrons. The minimum Gasteiger partial charge on any atom is -0.368 e. The molecule has 8 heteroatoms. The summed E-state index contributed by atoms with van der Waals surface area (Å²) in [6.45, 7) is 0.